The number of hydrogen-bond acceptors (Lipinski definition) is 3. The number of aryl methyl sites for hydroxylation is 1. The molecule has 0 aliphatic carbocycles. The Labute approximate surface area is 90.2 Å². The van der Waals surface area contributed by atoms with Crippen LogP contribution in [-0.4, -0.2) is 13.2 Å². The van der Waals surface area contributed by atoms with Gasteiger partial charge in [-0.25, -0.2) is 0 Å². The van der Waals surface area contributed by atoms with Crippen LogP contribution in [0.5, 0.6) is 11.5 Å². The quantitative estimate of drug-likeness (QED) is 0.767. The second-order valence-corrected chi connectivity index (χ2v) is 4.16. The second-order valence-electron chi connectivity index (χ2n) is 4.16. The Hall–Kier alpha value is -1.22. The lowest BCUT2D eigenvalue weighted by molar-refractivity contribution is 0.169. The summed E-state index contributed by atoms with van der Waals surface area (Å²) in [6, 6.07) is 4.11. The standard InChI is InChI=1S/C12H17NO2/c1-7-4-9-10(13)6-8(2)15-12(9)11(5-7)14-3/h4-5,8,10H,6,13H2,1-3H3. The number of methoxy groups -OCH3 is 1. The van der Waals surface area contributed by atoms with Gasteiger partial charge in [-0.3, -0.25) is 0 Å². The smallest absolute Gasteiger partial charge is 0.166 e. The number of ether oxygens (including phenoxy) is 2. The molecule has 1 aliphatic heterocycles. The lowest BCUT2D eigenvalue weighted by Gasteiger charge is -2.29. The Morgan fingerprint density at radius 1 is 1.47 bits per heavy atom. The number of fused-ring (bicyclic) bond motifs is 1. The molecule has 1 aromatic carbocycles. The van der Waals surface area contributed by atoms with Gasteiger partial charge in [0.1, 0.15) is 0 Å². The van der Waals surface area contributed by atoms with Crippen LogP contribution < -0.4 is 15.2 Å². The topological polar surface area (TPSA) is 44.5 Å². The van der Waals surface area contributed by atoms with Crippen LogP contribution in [0.25, 0.3) is 0 Å². The van der Waals surface area contributed by atoms with Crippen LogP contribution in [0.4, 0.5) is 0 Å². The third kappa shape index (κ3) is 1.79. The minimum absolute atomic E-state index is 0.0533. The van der Waals surface area contributed by atoms with Crippen molar-refractivity contribution in [2.24, 2.45) is 5.73 Å². The van der Waals surface area contributed by atoms with Crippen molar-refractivity contribution < 1.29 is 9.47 Å². The summed E-state index contributed by atoms with van der Waals surface area (Å²) in [5.41, 5.74) is 8.31. The van der Waals surface area contributed by atoms with Gasteiger partial charge in [0, 0.05) is 18.0 Å². The molecule has 0 spiro atoms. The van der Waals surface area contributed by atoms with Gasteiger partial charge in [-0.2, -0.15) is 0 Å². The van der Waals surface area contributed by atoms with Crippen LogP contribution in [0.2, 0.25) is 0 Å². The largest absolute Gasteiger partial charge is 0.493 e. The van der Waals surface area contributed by atoms with E-state index in [-0.39, 0.29) is 12.1 Å². The first kappa shape index (κ1) is 10.3. The maximum absolute atomic E-state index is 6.09. The molecule has 0 bridgehead atoms. The van der Waals surface area contributed by atoms with Gasteiger partial charge in [0.25, 0.3) is 0 Å². The first-order chi connectivity index (χ1) is 7.11. The van der Waals surface area contributed by atoms with Crippen molar-refractivity contribution in [1.82, 2.24) is 0 Å². The van der Waals surface area contributed by atoms with E-state index in [1.807, 2.05) is 19.9 Å². The van der Waals surface area contributed by atoms with E-state index in [2.05, 4.69) is 6.07 Å². The fourth-order valence-corrected chi connectivity index (χ4v) is 2.05. The van der Waals surface area contributed by atoms with Gasteiger partial charge in [0.2, 0.25) is 0 Å². The molecule has 0 radical (unpaired) electrons. The van der Waals surface area contributed by atoms with Gasteiger partial charge < -0.3 is 15.2 Å². The van der Waals surface area contributed by atoms with Crippen LogP contribution in [0, 0.1) is 6.92 Å². The van der Waals surface area contributed by atoms with Crippen molar-refractivity contribution in [3.05, 3.63) is 23.3 Å². The van der Waals surface area contributed by atoms with E-state index < -0.39 is 0 Å². The summed E-state index contributed by atoms with van der Waals surface area (Å²) in [4.78, 5) is 0. The molecular weight excluding hydrogens is 190 g/mol. The normalized spacial score (nSPS) is 24.3. The monoisotopic (exact) mass is 207 g/mol. The van der Waals surface area contributed by atoms with E-state index in [0.29, 0.717) is 0 Å². The summed E-state index contributed by atoms with van der Waals surface area (Å²) in [6.07, 6.45) is 1.02. The van der Waals surface area contributed by atoms with E-state index in [1.165, 1.54) is 0 Å². The number of benzene rings is 1. The molecule has 0 saturated carbocycles. The molecule has 15 heavy (non-hydrogen) atoms. The minimum Gasteiger partial charge on any atom is -0.493 e. The van der Waals surface area contributed by atoms with Crippen LogP contribution in [0.1, 0.15) is 30.5 Å². The molecule has 2 unspecified atom stereocenters. The van der Waals surface area contributed by atoms with Gasteiger partial charge >= 0.3 is 0 Å². The minimum atomic E-state index is 0.0533. The van der Waals surface area contributed by atoms with Crippen LogP contribution in [-0.2, 0) is 0 Å². The van der Waals surface area contributed by atoms with Gasteiger partial charge in [0.05, 0.1) is 13.2 Å². The Bertz CT molecular complexity index is 376. The molecule has 1 aliphatic rings. The van der Waals surface area contributed by atoms with E-state index >= 15 is 0 Å². The first-order valence-electron chi connectivity index (χ1n) is 5.22. The molecule has 1 heterocycles. The highest BCUT2D eigenvalue weighted by Crippen LogP contribution is 2.41. The molecule has 1 aromatic rings. The molecule has 2 N–H and O–H groups in total. The molecule has 2 rings (SSSR count). The summed E-state index contributed by atoms with van der Waals surface area (Å²) in [5.74, 6) is 1.60. The fraction of sp³-hybridized carbons (Fsp3) is 0.500. The molecule has 0 fully saturated rings. The molecule has 0 amide bonds. The summed E-state index contributed by atoms with van der Waals surface area (Å²) in [7, 11) is 1.66. The zero-order valence-corrected chi connectivity index (χ0v) is 9.41. The Kier molecular flexibility index (Phi) is 2.57. The van der Waals surface area contributed by atoms with Gasteiger partial charge in [-0.05, 0) is 25.5 Å². The number of hydrogen-bond donors (Lipinski definition) is 1. The molecule has 82 valence electrons. The van der Waals surface area contributed by atoms with E-state index in [1.54, 1.807) is 7.11 Å². The van der Waals surface area contributed by atoms with Gasteiger partial charge in [-0.15, -0.1) is 0 Å². The summed E-state index contributed by atoms with van der Waals surface area (Å²) in [5, 5.41) is 0. The Morgan fingerprint density at radius 3 is 2.87 bits per heavy atom. The van der Waals surface area contributed by atoms with Crippen molar-refractivity contribution in [3.63, 3.8) is 0 Å². The average Bonchev–Trinajstić information content (AvgIpc) is 2.18. The number of rotatable bonds is 1. The summed E-state index contributed by atoms with van der Waals surface area (Å²) >= 11 is 0. The fourth-order valence-electron chi connectivity index (χ4n) is 2.05. The molecule has 0 saturated heterocycles. The Balaban J connectivity index is 2.53. The van der Waals surface area contributed by atoms with Crippen LogP contribution >= 0.6 is 0 Å². The first-order valence-corrected chi connectivity index (χ1v) is 5.22. The summed E-state index contributed by atoms with van der Waals surface area (Å²) < 4.78 is 11.1. The highest BCUT2D eigenvalue weighted by molar-refractivity contribution is 5.51. The number of nitrogens with two attached hydrogens (primary N) is 1. The third-order valence-electron chi connectivity index (χ3n) is 2.75. The zero-order chi connectivity index (χ0) is 11.0. The lowest BCUT2D eigenvalue weighted by Crippen LogP contribution is -2.27. The highest BCUT2D eigenvalue weighted by Gasteiger charge is 2.26. The maximum Gasteiger partial charge on any atom is 0.166 e. The van der Waals surface area contributed by atoms with Crippen molar-refractivity contribution in [3.8, 4) is 11.5 Å². The van der Waals surface area contributed by atoms with Crippen molar-refractivity contribution in [2.45, 2.75) is 32.4 Å². The van der Waals surface area contributed by atoms with Crippen molar-refractivity contribution >= 4 is 0 Å². The van der Waals surface area contributed by atoms with Gasteiger partial charge in [-0.1, -0.05) is 6.07 Å². The SMILES string of the molecule is COc1cc(C)cc2c1OC(C)CC2N. The van der Waals surface area contributed by atoms with Crippen LogP contribution in [0.3, 0.4) is 0 Å². The maximum atomic E-state index is 6.09. The highest BCUT2D eigenvalue weighted by atomic mass is 16.5. The molecule has 3 nitrogen and oxygen atoms in total. The predicted molar refractivity (Wildman–Crippen MR) is 59.4 cm³/mol. The molecular formula is C12H17NO2. The van der Waals surface area contributed by atoms with E-state index in [0.717, 1.165) is 29.0 Å². The average molecular weight is 207 g/mol. The van der Waals surface area contributed by atoms with Gasteiger partial charge in [0.15, 0.2) is 11.5 Å². The molecule has 3 heteroatoms. The van der Waals surface area contributed by atoms with E-state index in [9.17, 15) is 0 Å². The molecule has 0 aromatic heterocycles. The summed E-state index contributed by atoms with van der Waals surface area (Å²) in [6.45, 7) is 4.07. The zero-order valence-electron chi connectivity index (χ0n) is 9.41. The third-order valence-corrected chi connectivity index (χ3v) is 2.75. The molecule has 2 atom stereocenters. The Morgan fingerprint density at radius 2 is 2.20 bits per heavy atom. The van der Waals surface area contributed by atoms with Crippen molar-refractivity contribution in [1.29, 1.82) is 0 Å². The van der Waals surface area contributed by atoms with E-state index in [4.69, 9.17) is 15.2 Å². The predicted octanol–water partition coefficient (Wildman–Crippen LogP) is 2.17. The lowest BCUT2D eigenvalue weighted by atomic mass is 9.96. The van der Waals surface area contributed by atoms with Crippen molar-refractivity contribution in [2.75, 3.05) is 7.11 Å². The second kappa shape index (κ2) is 3.74. The van der Waals surface area contributed by atoms with Crippen LogP contribution in [0.15, 0.2) is 12.1 Å².